The zero-order valence-corrected chi connectivity index (χ0v) is 13.2. The number of benzene rings is 2. The van der Waals surface area contributed by atoms with E-state index < -0.39 is 0 Å². The van der Waals surface area contributed by atoms with E-state index in [0.29, 0.717) is 6.61 Å². The number of halogens is 1. The molecule has 0 radical (unpaired) electrons. The lowest BCUT2D eigenvalue weighted by Gasteiger charge is -2.13. The zero-order valence-electron chi connectivity index (χ0n) is 11.6. The molecule has 2 aromatic rings. The van der Waals surface area contributed by atoms with Crippen LogP contribution in [0.3, 0.4) is 0 Å². The topological polar surface area (TPSA) is 29.5 Å². The van der Waals surface area contributed by atoms with Crippen molar-refractivity contribution in [1.82, 2.24) is 0 Å². The fourth-order valence-electron chi connectivity index (χ4n) is 2.14. The van der Waals surface area contributed by atoms with Crippen LogP contribution in [0.1, 0.15) is 23.1 Å². The number of aryl methyl sites for hydroxylation is 2. The molecule has 2 nitrogen and oxygen atoms in total. The molecule has 0 bridgehead atoms. The largest absolute Gasteiger partial charge is 0.487 e. The van der Waals surface area contributed by atoms with Gasteiger partial charge in [0.15, 0.2) is 0 Å². The molecule has 3 heteroatoms. The summed E-state index contributed by atoms with van der Waals surface area (Å²) in [6, 6.07) is 14.3. The minimum Gasteiger partial charge on any atom is -0.487 e. The molecule has 0 aliphatic carbocycles. The Morgan fingerprint density at radius 2 is 1.85 bits per heavy atom. The molecule has 1 N–H and O–H groups in total. The Morgan fingerprint density at radius 3 is 2.50 bits per heavy atom. The molecule has 0 aliphatic rings. The molecule has 20 heavy (non-hydrogen) atoms. The second-order valence-electron chi connectivity index (χ2n) is 4.83. The Kier molecular flexibility index (Phi) is 5.62. The lowest BCUT2D eigenvalue weighted by molar-refractivity contribution is 0.288. The number of aliphatic hydroxyl groups excluding tert-OH is 1. The van der Waals surface area contributed by atoms with E-state index in [1.165, 1.54) is 5.56 Å². The van der Waals surface area contributed by atoms with Crippen molar-refractivity contribution in [2.75, 3.05) is 6.61 Å². The standard InChI is InChI=1S/C17H19BrO2/c1-13-10-15(8-5-9-19)11-16(18)17(13)20-12-14-6-3-2-4-7-14/h2-4,6-7,10-11,19H,5,8-9,12H2,1H3. The molecule has 0 atom stereocenters. The first kappa shape index (κ1) is 15.1. The Balaban J connectivity index is 2.08. The van der Waals surface area contributed by atoms with Crippen LogP contribution in [0.5, 0.6) is 5.75 Å². The van der Waals surface area contributed by atoms with Gasteiger partial charge < -0.3 is 9.84 Å². The van der Waals surface area contributed by atoms with E-state index in [-0.39, 0.29) is 6.61 Å². The smallest absolute Gasteiger partial charge is 0.136 e. The minimum atomic E-state index is 0.225. The molecule has 2 rings (SSSR count). The third-order valence-corrected chi connectivity index (χ3v) is 3.73. The average molecular weight is 335 g/mol. The van der Waals surface area contributed by atoms with Crippen LogP contribution in [0.4, 0.5) is 0 Å². The third-order valence-electron chi connectivity index (χ3n) is 3.14. The van der Waals surface area contributed by atoms with Crippen LogP contribution < -0.4 is 4.74 Å². The van der Waals surface area contributed by atoms with Crippen molar-refractivity contribution < 1.29 is 9.84 Å². The van der Waals surface area contributed by atoms with Crippen LogP contribution in [0, 0.1) is 6.92 Å². The predicted octanol–water partition coefficient (Wildman–Crippen LogP) is 4.26. The molecule has 0 unspecified atom stereocenters. The maximum absolute atomic E-state index is 8.89. The fourth-order valence-corrected chi connectivity index (χ4v) is 2.86. The third kappa shape index (κ3) is 4.09. The van der Waals surface area contributed by atoms with Gasteiger partial charge in [0.05, 0.1) is 4.47 Å². The van der Waals surface area contributed by atoms with Crippen LogP contribution in [-0.2, 0) is 13.0 Å². The van der Waals surface area contributed by atoms with Gasteiger partial charge in [0.25, 0.3) is 0 Å². The van der Waals surface area contributed by atoms with Crippen LogP contribution >= 0.6 is 15.9 Å². The number of ether oxygens (including phenoxy) is 1. The summed E-state index contributed by atoms with van der Waals surface area (Å²) in [5, 5.41) is 8.89. The molecule has 0 spiro atoms. The van der Waals surface area contributed by atoms with Crippen LogP contribution in [0.15, 0.2) is 46.9 Å². The van der Waals surface area contributed by atoms with Crippen LogP contribution in [0.25, 0.3) is 0 Å². The Morgan fingerprint density at radius 1 is 1.10 bits per heavy atom. The van der Waals surface area contributed by atoms with Gasteiger partial charge in [-0.25, -0.2) is 0 Å². The summed E-state index contributed by atoms with van der Waals surface area (Å²) < 4.78 is 6.89. The number of hydrogen-bond donors (Lipinski definition) is 1. The molecule has 0 aromatic heterocycles. The van der Waals surface area contributed by atoms with Gasteiger partial charge in [-0.2, -0.15) is 0 Å². The van der Waals surface area contributed by atoms with Gasteiger partial charge in [-0.3, -0.25) is 0 Å². The highest BCUT2D eigenvalue weighted by Crippen LogP contribution is 2.31. The molecule has 0 fully saturated rings. The lowest BCUT2D eigenvalue weighted by Crippen LogP contribution is -1.99. The first-order valence-corrected chi connectivity index (χ1v) is 7.56. The summed E-state index contributed by atoms with van der Waals surface area (Å²) in [6.07, 6.45) is 1.67. The van der Waals surface area contributed by atoms with Crippen molar-refractivity contribution >= 4 is 15.9 Å². The normalized spacial score (nSPS) is 10.6. The highest BCUT2D eigenvalue weighted by atomic mass is 79.9. The quantitative estimate of drug-likeness (QED) is 0.855. The molecule has 0 amide bonds. The highest BCUT2D eigenvalue weighted by Gasteiger charge is 2.08. The van der Waals surface area contributed by atoms with Crippen molar-refractivity contribution in [3.05, 3.63) is 63.6 Å². The van der Waals surface area contributed by atoms with Crippen molar-refractivity contribution in [3.8, 4) is 5.75 Å². The van der Waals surface area contributed by atoms with Gasteiger partial charge >= 0.3 is 0 Å². The molecule has 0 heterocycles. The van der Waals surface area contributed by atoms with Gasteiger partial charge in [0, 0.05) is 6.61 Å². The number of aliphatic hydroxyl groups is 1. The van der Waals surface area contributed by atoms with Gasteiger partial charge in [0.1, 0.15) is 12.4 Å². The predicted molar refractivity (Wildman–Crippen MR) is 85.1 cm³/mol. The zero-order chi connectivity index (χ0) is 14.4. The van der Waals surface area contributed by atoms with E-state index in [1.54, 1.807) is 0 Å². The Hall–Kier alpha value is -1.32. The second-order valence-corrected chi connectivity index (χ2v) is 5.68. The average Bonchev–Trinajstić information content (AvgIpc) is 2.45. The van der Waals surface area contributed by atoms with Gasteiger partial charge in [-0.05, 0) is 58.5 Å². The number of rotatable bonds is 6. The van der Waals surface area contributed by atoms with E-state index in [0.717, 1.165) is 34.2 Å². The van der Waals surface area contributed by atoms with E-state index in [2.05, 4.69) is 40.2 Å². The Bertz CT molecular complexity index is 529. The molecule has 0 saturated heterocycles. The van der Waals surface area contributed by atoms with Crippen LogP contribution in [-0.4, -0.2) is 11.7 Å². The van der Waals surface area contributed by atoms with Crippen molar-refractivity contribution in [2.24, 2.45) is 0 Å². The van der Waals surface area contributed by atoms with Crippen LogP contribution in [0.2, 0.25) is 0 Å². The van der Waals surface area contributed by atoms with E-state index in [4.69, 9.17) is 9.84 Å². The molecule has 0 saturated carbocycles. The highest BCUT2D eigenvalue weighted by molar-refractivity contribution is 9.10. The summed E-state index contributed by atoms with van der Waals surface area (Å²) in [4.78, 5) is 0. The first-order valence-electron chi connectivity index (χ1n) is 6.77. The molecular formula is C17H19BrO2. The van der Waals surface area contributed by atoms with Crippen molar-refractivity contribution in [3.63, 3.8) is 0 Å². The summed E-state index contributed by atoms with van der Waals surface area (Å²) >= 11 is 3.58. The lowest BCUT2D eigenvalue weighted by atomic mass is 10.1. The molecular weight excluding hydrogens is 316 g/mol. The van der Waals surface area contributed by atoms with Crippen molar-refractivity contribution in [1.29, 1.82) is 0 Å². The summed E-state index contributed by atoms with van der Waals surface area (Å²) in [6.45, 7) is 2.84. The monoisotopic (exact) mass is 334 g/mol. The van der Waals surface area contributed by atoms with E-state index >= 15 is 0 Å². The van der Waals surface area contributed by atoms with Crippen molar-refractivity contribution in [2.45, 2.75) is 26.4 Å². The molecule has 2 aromatic carbocycles. The molecule has 106 valence electrons. The summed E-state index contributed by atoms with van der Waals surface area (Å²) in [5.41, 5.74) is 3.49. The Labute approximate surface area is 128 Å². The number of hydrogen-bond acceptors (Lipinski definition) is 2. The minimum absolute atomic E-state index is 0.225. The summed E-state index contributed by atoms with van der Waals surface area (Å²) in [5.74, 6) is 0.890. The van der Waals surface area contributed by atoms with Gasteiger partial charge in [-0.1, -0.05) is 36.4 Å². The van der Waals surface area contributed by atoms with Gasteiger partial charge in [-0.15, -0.1) is 0 Å². The van der Waals surface area contributed by atoms with E-state index in [9.17, 15) is 0 Å². The maximum atomic E-state index is 8.89. The SMILES string of the molecule is Cc1cc(CCCO)cc(Br)c1OCc1ccccc1. The maximum Gasteiger partial charge on any atom is 0.136 e. The molecule has 0 aliphatic heterocycles. The van der Waals surface area contributed by atoms with E-state index in [1.807, 2.05) is 25.1 Å². The first-order chi connectivity index (χ1) is 9.70. The summed E-state index contributed by atoms with van der Waals surface area (Å²) in [7, 11) is 0. The second kappa shape index (κ2) is 7.46. The fraction of sp³-hybridized carbons (Fsp3) is 0.294. The van der Waals surface area contributed by atoms with Gasteiger partial charge in [0.2, 0.25) is 0 Å².